The first-order valence-corrected chi connectivity index (χ1v) is 8.64. The van der Waals surface area contributed by atoms with Crippen molar-refractivity contribution in [2.24, 2.45) is 0 Å². The van der Waals surface area contributed by atoms with Gasteiger partial charge in [0.25, 0.3) is 5.91 Å². The third-order valence-electron chi connectivity index (χ3n) is 3.88. The van der Waals surface area contributed by atoms with Gasteiger partial charge >= 0.3 is 0 Å². The minimum atomic E-state index is -0.169. The largest absolute Gasteiger partial charge is 0.491 e. The third kappa shape index (κ3) is 5.81. The molecule has 0 bridgehead atoms. The molecule has 2 aromatic rings. The van der Waals surface area contributed by atoms with Crippen LogP contribution in [0.25, 0.3) is 0 Å². The normalized spacial score (nSPS) is 11.3. The van der Waals surface area contributed by atoms with Gasteiger partial charge < -0.3 is 20.7 Å². The van der Waals surface area contributed by atoms with Gasteiger partial charge in [0.1, 0.15) is 5.75 Å². The number of benzene rings is 2. The molecule has 0 spiro atoms. The summed E-state index contributed by atoms with van der Waals surface area (Å²) in [6.45, 7) is 4.24. The molecule has 6 nitrogen and oxygen atoms in total. The molecule has 138 valence electrons. The Morgan fingerprint density at radius 1 is 1.00 bits per heavy atom. The van der Waals surface area contributed by atoms with E-state index in [1.165, 1.54) is 0 Å². The molecule has 2 amide bonds. The van der Waals surface area contributed by atoms with Gasteiger partial charge in [-0.15, -0.1) is 0 Å². The standard InChI is InChI=1S/C20H25N3O3/c1-4-14(2)26-18-11-9-16(10-12-18)22-13-19(24)23-17-7-5-15(6-8-17)20(25)21-3/h5-12,14,22H,4,13H2,1-3H3,(H,21,25)(H,23,24). The summed E-state index contributed by atoms with van der Waals surface area (Å²) in [4.78, 5) is 23.5. The predicted octanol–water partition coefficient (Wildman–Crippen LogP) is 3.27. The van der Waals surface area contributed by atoms with Crippen molar-refractivity contribution >= 4 is 23.2 Å². The highest BCUT2D eigenvalue weighted by atomic mass is 16.5. The van der Waals surface area contributed by atoms with Gasteiger partial charge in [-0.25, -0.2) is 0 Å². The number of carbonyl (C=O) groups is 2. The summed E-state index contributed by atoms with van der Waals surface area (Å²) in [7, 11) is 1.58. The van der Waals surface area contributed by atoms with Gasteiger partial charge in [0.15, 0.2) is 0 Å². The second-order valence-corrected chi connectivity index (χ2v) is 5.92. The van der Waals surface area contributed by atoms with Crippen molar-refractivity contribution in [1.82, 2.24) is 5.32 Å². The Labute approximate surface area is 153 Å². The SMILES string of the molecule is CCC(C)Oc1ccc(NCC(=O)Nc2ccc(C(=O)NC)cc2)cc1. The molecule has 0 aliphatic rings. The average Bonchev–Trinajstić information content (AvgIpc) is 2.67. The van der Waals surface area contributed by atoms with Gasteiger partial charge in [-0.05, 0) is 61.9 Å². The number of nitrogens with one attached hydrogen (secondary N) is 3. The van der Waals surface area contributed by atoms with Gasteiger partial charge in [-0.2, -0.15) is 0 Å². The maximum Gasteiger partial charge on any atom is 0.251 e. The number of hydrogen-bond acceptors (Lipinski definition) is 4. The molecular weight excluding hydrogens is 330 g/mol. The molecule has 0 saturated heterocycles. The second kappa shape index (κ2) is 9.46. The molecule has 0 saturated carbocycles. The van der Waals surface area contributed by atoms with E-state index in [9.17, 15) is 9.59 Å². The van der Waals surface area contributed by atoms with Gasteiger partial charge in [0, 0.05) is 24.0 Å². The lowest BCUT2D eigenvalue weighted by Gasteiger charge is -2.13. The van der Waals surface area contributed by atoms with Crippen LogP contribution in [0.15, 0.2) is 48.5 Å². The van der Waals surface area contributed by atoms with Crippen LogP contribution in [0.5, 0.6) is 5.75 Å². The van der Waals surface area contributed by atoms with Crippen molar-refractivity contribution < 1.29 is 14.3 Å². The van der Waals surface area contributed by atoms with E-state index in [-0.39, 0.29) is 24.5 Å². The van der Waals surface area contributed by atoms with Crippen LogP contribution in [0.1, 0.15) is 30.6 Å². The number of rotatable bonds is 8. The second-order valence-electron chi connectivity index (χ2n) is 5.92. The molecule has 0 aliphatic heterocycles. The molecule has 2 aromatic carbocycles. The number of anilines is 2. The van der Waals surface area contributed by atoms with E-state index in [4.69, 9.17) is 4.74 Å². The first kappa shape index (κ1) is 19.3. The first-order valence-electron chi connectivity index (χ1n) is 8.64. The summed E-state index contributed by atoms with van der Waals surface area (Å²) in [5, 5.41) is 8.40. The average molecular weight is 355 g/mol. The zero-order valence-electron chi connectivity index (χ0n) is 15.3. The van der Waals surface area contributed by atoms with Crippen molar-refractivity contribution in [3.8, 4) is 5.75 Å². The fourth-order valence-corrected chi connectivity index (χ4v) is 2.20. The van der Waals surface area contributed by atoms with Crippen LogP contribution in [0.3, 0.4) is 0 Å². The Hall–Kier alpha value is -3.02. The number of carbonyl (C=O) groups excluding carboxylic acids is 2. The summed E-state index contributed by atoms with van der Waals surface area (Å²) in [6, 6.07) is 14.2. The lowest BCUT2D eigenvalue weighted by Crippen LogP contribution is -2.22. The van der Waals surface area contributed by atoms with Crippen LogP contribution in [0, 0.1) is 0 Å². The Morgan fingerprint density at radius 2 is 1.62 bits per heavy atom. The molecule has 0 aliphatic carbocycles. The molecule has 1 unspecified atom stereocenters. The Morgan fingerprint density at radius 3 is 2.19 bits per heavy atom. The van der Waals surface area contributed by atoms with Crippen LogP contribution < -0.4 is 20.7 Å². The molecular formula is C20H25N3O3. The number of ether oxygens (including phenoxy) is 1. The highest BCUT2D eigenvalue weighted by molar-refractivity contribution is 5.96. The molecule has 0 radical (unpaired) electrons. The lowest BCUT2D eigenvalue weighted by molar-refractivity contribution is -0.114. The van der Waals surface area contributed by atoms with Crippen molar-refractivity contribution in [1.29, 1.82) is 0 Å². The summed E-state index contributed by atoms with van der Waals surface area (Å²) in [6.07, 6.45) is 1.12. The Bertz CT molecular complexity index is 727. The molecule has 0 heterocycles. The number of hydrogen-bond donors (Lipinski definition) is 3. The van der Waals surface area contributed by atoms with E-state index in [0.29, 0.717) is 11.3 Å². The minimum absolute atomic E-state index is 0.142. The smallest absolute Gasteiger partial charge is 0.251 e. The molecule has 2 rings (SSSR count). The van der Waals surface area contributed by atoms with Gasteiger partial charge in [0.05, 0.1) is 12.6 Å². The van der Waals surface area contributed by atoms with Crippen molar-refractivity contribution in [3.63, 3.8) is 0 Å². The van der Waals surface area contributed by atoms with Crippen LogP contribution in [0.4, 0.5) is 11.4 Å². The highest BCUT2D eigenvalue weighted by Crippen LogP contribution is 2.17. The molecule has 0 aromatic heterocycles. The lowest BCUT2D eigenvalue weighted by atomic mass is 10.2. The summed E-state index contributed by atoms with van der Waals surface area (Å²) < 4.78 is 5.72. The monoisotopic (exact) mass is 355 g/mol. The van der Waals surface area contributed by atoms with Crippen LogP contribution in [-0.2, 0) is 4.79 Å². The van der Waals surface area contributed by atoms with E-state index in [1.54, 1.807) is 31.3 Å². The van der Waals surface area contributed by atoms with Crippen molar-refractivity contribution in [2.45, 2.75) is 26.4 Å². The summed E-state index contributed by atoms with van der Waals surface area (Å²) in [5.74, 6) is 0.480. The number of amides is 2. The fourth-order valence-electron chi connectivity index (χ4n) is 2.20. The van der Waals surface area contributed by atoms with E-state index in [2.05, 4.69) is 22.9 Å². The molecule has 1 atom stereocenters. The molecule has 6 heteroatoms. The zero-order chi connectivity index (χ0) is 18.9. The van der Waals surface area contributed by atoms with E-state index >= 15 is 0 Å². The molecule has 3 N–H and O–H groups in total. The van der Waals surface area contributed by atoms with Gasteiger partial charge in [-0.1, -0.05) is 6.92 Å². The zero-order valence-corrected chi connectivity index (χ0v) is 15.3. The third-order valence-corrected chi connectivity index (χ3v) is 3.88. The summed E-state index contributed by atoms with van der Waals surface area (Å²) in [5.41, 5.74) is 2.02. The fraction of sp³-hybridized carbons (Fsp3) is 0.300. The van der Waals surface area contributed by atoms with E-state index in [1.807, 2.05) is 31.2 Å². The maximum absolute atomic E-state index is 12.0. The quantitative estimate of drug-likeness (QED) is 0.679. The van der Waals surface area contributed by atoms with Crippen LogP contribution in [0.2, 0.25) is 0 Å². The van der Waals surface area contributed by atoms with Crippen LogP contribution in [-0.4, -0.2) is 31.5 Å². The Kier molecular flexibility index (Phi) is 7.02. The van der Waals surface area contributed by atoms with Gasteiger partial charge in [0.2, 0.25) is 5.91 Å². The van der Waals surface area contributed by atoms with Crippen molar-refractivity contribution in [3.05, 3.63) is 54.1 Å². The topological polar surface area (TPSA) is 79.5 Å². The van der Waals surface area contributed by atoms with E-state index < -0.39 is 0 Å². The first-order chi connectivity index (χ1) is 12.5. The Balaban J connectivity index is 1.82. The minimum Gasteiger partial charge on any atom is -0.491 e. The van der Waals surface area contributed by atoms with Crippen molar-refractivity contribution in [2.75, 3.05) is 24.2 Å². The van der Waals surface area contributed by atoms with E-state index in [0.717, 1.165) is 17.9 Å². The van der Waals surface area contributed by atoms with Gasteiger partial charge in [-0.3, -0.25) is 9.59 Å². The maximum atomic E-state index is 12.0. The highest BCUT2D eigenvalue weighted by Gasteiger charge is 2.06. The summed E-state index contributed by atoms with van der Waals surface area (Å²) >= 11 is 0. The molecule has 26 heavy (non-hydrogen) atoms. The molecule has 0 fully saturated rings. The predicted molar refractivity (Wildman–Crippen MR) is 104 cm³/mol. The van der Waals surface area contributed by atoms with Crippen LogP contribution >= 0.6 is 0 Å².